The molecule has 0 aromatic carbocycles. The zero-order chi connectivity index (χ0) is 14.6. The van der Waals surface area contributed by atoms with Gasteiger partial charge in [0.05, 0.1) is 12.2 Å². The van der Waals surface area contributed by atoms with Crippen LogP contribution >= 0.6 is 0 Å². The van der Waals surface area contributed by atoms with Gasteiger partial charge in [0, 0.05) is 25.3 Å². The number of anilines is 1. The maximum Gasteiger partial charge on any atom is 0.128 e. The lowest BCUT2D eigenvalue weighted by Crippen LogP contribution is -2.48. The van der Waals surface area contributed by atoms with Crippen molar-refractivity contribution in [1.82, 2.24) is 10.3 Å². The SMILES string of the molecule is CCCNC(C)c1ccc(N2CCOC(C)(C)C2)nc1. The van der Waals surface area contributed by atoms with E-state index in [0.29, 0.717) is 6.04 Å². The van der Waals surface area contributed by atoms with Crippen LogP contribution in [0, 0.1) is 0 Å². The first-order valence-electron chi connectivity index (χ1n) is 7.60. The summed E-state index contributed by atoms with van der Waals surface area (Å²) in [6.07, 6.45) is 3.14. The summed E-state index contributed by atoms with van der Waals surface area (Å²) in [6.45, 7) is 12.2. The third-order valence-corrected chi connectivity index (χ3v) is 3.72. The third-order valence-electron chi connectivity index (χ3n) is 3.72. The summed E-state index contributed by atoms with van der Waals surface area (Å²) in [4.78, 5) is 6.93. The van der Waals surface area contributed by atoms with Gasteiger partial charge in [0.15, 0.2) is 0 Å². The van der Waals surface area contributed by atoms with Gasteiger partial charge in [0.2, 0.25) is 0 Å². The molecule has 2 heterocycles. The van der Waals surface area contributed by atoms with E-state index in [2.05, 4.69) is 55.0 Å². The Kier molecular flexibility index (Phi) is 5.00. The van der Waals surface area contributed by atoms with Gasteiger partial charge in [-0.15, -0.1) is 0 Å². The van der Waals surface area contributed by atoms with Crippen molar-refractivity contribution in [3.05, 3.63) is 23.9 Å². The summed E-state index contributed by atoms with van der Waals surface area (Å²) in [5.41, 5.74) is 1.16. The second-order valence-corrected chi connectivity index (χ2v) is 6.16. The maximum atomic E-state index is 5.74. The molecule has 1 atom stereocenters. The lowest BCUT2D eigenvalue weighted by atomic mass is 10.1. The molecule has 0 radical (unpaired) electrons. The topological polar surface area (TPSA) is 37.4 Å². The van der Waals surface area contributed by atoms with E-state index in [0.717, 1.165) is 38.5 Å². The van der Waals surface area contributed by atoms with Crippen LogP contribution in [0.25, 0.3) is 0 Å². The van der Waals surface area contributed by atoms with Crippen molar-refractivity contribution in [3.8, 4) is 0 Å². The van der Waals surface area contributed by atoms with Gasteiger partial charge < -0.3 is 15.0 Å². The second-order valence-electron chi connectivity index (χ2n) is 6.16. The zero-order valence-corrected chi connectivity index (χ0v) is 13.1. The van der Waals surface area contributed by atoms with E-state index < -0.39 is 0 Å². The second kappa shape index (κ2) is 6.55. The van der Waals surface area contributed by atoms with Crippen LogP contribution in [0.15, 0.2) is 18.3 Å². The number of nitrogens with one attached hydrogen (secondary N) is 1. The predicted molar refractivity (Wildman–Crippen MR) is 83.2 cm³/mol. The molecule has 4 heteroatoms. The highest BCUT2D eigenvalue weighted by atomic mass is 16.5. The predicted octanol–water partition coefficient (Wildman–Crippen LogP) is 2.76. The van der Waals surface area contributed by atoms with E-state index in [1.54, 1.807) is 0 Å². The molecule has 2 rings (SSSR count). The Bertz CT molecular complexity index is 416. The van der Waals surface area contributed by atoms with E-state index in [9.17, 15) is 0 Å². The third kappa shape index (κ3) is 3.93. The van der Waals surface area contributed by atoms with E-state index in [1.807, 2.05) is 6.20 Å². The molecule has 4 nitrogen and oxygen atoms in total. The van der Waals surface area contributed by atoms with Crippen LogP contribution in [-0.2, 0) is 4.74 Å². The molecule has 0 bridgehead atoms. The molecule has 0 amide bonds. The summed E-state index contributed by atoms with van der Waals surface area (Å²) < 4.78 is 5.74. The van der Waals surface area contributed by atoms with Crippen molar-refractivity contribution >= 4 is 5.82 Å². The first-order chi connectivity index (χ1) is 9.52. The lowest BCUT2D eigenvalue weighted by molar-refractivity contribution is -0.0279. The molecule has 20 heavy (non-hydrogen) atoms. The van der Waals surface area contributed by atoms with Crippen molar-refractivity contribution in [3.63, 3.8) is 0 Å². The number of morpholine rings is 1. The van der Waals surface area contributed by atoms with E-state index in [4.69, 9.17) is 4.74 Å². The Hall–Kier alpha value is -1.13. The number of nitrogens with zero attached hydrogens (tertiary/aromatic N) is 2. The van der Waals surface area contributed by atoms with Crippen molar-refractivity contribution < 1.29 is 4.74 Å². The highest BCUT2D eigenvalue weighted by molar-refractivity contribution is 5.40. The van der Waals surface area contributed by atoms with E-state index >= 15 is 0 Å². The first-order valence-corrected chi connectivity index (χ1v) is 7.60. The molecule has 1 saturated heterocycles. The van der Waals surface area contributed by atoms with Gasteiger partial charge in [-0.1, -0.05) is 13.0 Å². The molecule has 1 aromatic rings. The van der Waals surface area contributed by atoms with Crippen molar-refractivity contribution in [2.24, 2.45) is 0 Å². The minimum atomic E-state index is -0.0887. The Labute approximate surface area is 122 Å². The minimum Gasteiger partial charge on any atom is -0.372 e. The molecule has 1 aromatic heterocycles. The molecule has 0 spiro atoms. The molecule has 1 aliphatic heterocycles. The molecule has 112 valence electrons. The summed E-state index contributed by atoms with van der Waals surface area (Å²) in [6, 6.07) is 4.66. The Morgan fingerprint density at radius 2 is 2.25 bits per heavy atom. The highest BCUT2D eigenvalue weighted by Gasteiger charge is 2.27. The largest absolute Gasteiger partial charge is 0.372 e. The molecule has 1 fully saturated rings. The van der Waals surface area contributed by atoms with Crippen molar-refractivity contribution in [1.29, 1.82) is 0 Å². The molecular weight excluding hydrogens is 250 g/mol. The van der Waals surface area contributed by atoms with Crippen LogP contribution < -0.4 is 10.2 Å². The van der Waals surface area contributed by atoms with Gasteiger partial charge in [-0.25, -0.2) is 4.98 Å². The molecule has 1 unspecified atom stereocenters. The van der Waals surface area contributed by atoms with Gasteiger partial charge in [0.1, 0.15) is 5.82 Å². The number of ether oxygens (including phenoxy) is 1. The zero-order valence-electron chi connectivity index (χ0n) is 13.1. The summed E-state index contributed by atoms with van der Waals surface area (Å²) in [5, 5.41) is 3.49. The van der Waals surface area contributed by atoms with Gasteiger partial charge >= 0.3 is 0 Å². The molecule has 1 aliphatic rings. The van der Waals surface area contributed by atoms with E-state index in [1.165, 1.54) is 5.56 Å². The summed E-state index contributed by atoms with van der Waals surface area (Å²) in [5.74, 6) is 1.05. The van der Waals surface area contributed by atoms with Gasteiger partial charge in [-0.05, 0) is 45.4 Å². The fourth-order valence-corrected chi connectivity index (χ4v) is 2.53. The quantitative estimate of drug-likeness (QED) is 0.898. The summed E-state index contributed by atoms with van der Waals surface area (Å²) >= 11 is 0. The monoisotopic (exact) mass is 277 g/mol. The first kappa shape index (κ1) is 15.3. The fraction of sp³-hybridized carbons (Fsp3) is 0.688. The van der Waals surface area contributed by atoms with Crippen LogP contribution in [0.1, 0.15) is 45.7 Å². The number of hydrogen-bond donors (Lipinski definition) is 1. The molecule has 0 saturated carbocycles. The van der Waals surface area contributed by atoms with Crippen molar-refractivity contribution in [2.75, 3.05) is 31.1 Å². The number of hydrogen-bond acceptors (Lipinski definition) is 4. The minimum absolute atomic E-state index is 0.0887. The Balaban J connectivity index is 2.00. The standard InChI is InChI=1S/C16H27N3O/c1-5-8-17-13(2)14-6-7-15(18-11-14)19-9-10-20-16(3,4)12-19/h6-7,11,13,17H,5,8-10,12H2,1-4H3. The van der Waals surface area contributed by atoms with Crippen LogP contribution in [0.4, 0.5) is 5.82 Å². The average molecular weight is 277 g/mol. The summed E-state index contributed by atoms with van der Waals surface area (Å²) in [7, 11) is 0. The van der Waals surface area contributed by atoms with Gasteiger partial charge in [0.25, 0.3) is 0 Å². The fourth-order valence-electron chi connectivity index (χ4n) is 2.53. The van der Waals surface area contributed by atoms with Crippen molar-refractivity contribution in [2.45, 2.75) is 45.8 Å². The number of pyridine rings is 1. The number of rotatable bonds is 5. The molecule has 1 N–H and O–H groups in total. The van der Waals surface area contributed by atoms with Crippen LogP contribution in [0.5, 0.6) is 0 Å². The number of aromatic nitrogens is 1. The lowest BCUT2D eigenvalue weighted by Gasteiger charge is -2.38. The average Bonchev–Trinajstić information content (AvgIpc) is 2.44. The van der Waals surface area contributed by atoms with Gasteiger partial charge in [-0.2, -0.15) is 0 Å². The Morgan fingerprint density at radius 1 is 1.45 bits per heavy atom. The van der Waals surface area contributed by atoms with Crippen LogP contribution in [0.2, 0.25) is 0 Å². The normalized spacial score (nSPS) is 19.9. The van der Waals surface area contributed by atoms with Crippen LogP contribution in [0.3, 0.4) is 0 Å². The van der Waals surface area contributed by atoms with Crippen LogP contribution in [-0.4, -0.2) is 36.8 Å². The maximum absolute atomic E-state index is 5.74. The highest BCUT2D eigenvalue weighted by Crippen LogP contribution is 2.22. The van der Waals surface area contributed by atoms with E-state index in [-0.39, 0.29) is 5.60 Å². The molecule has 0 aliphatic carbocycles. The van der Waals surface area contributed by atoms with Gasteiger partial charge in [-0.3, -0.25) is 0 Å². The molecular formula is C16H27N3O. The smallest absolute Gasteiger partial charge is 0.128 e. The Morgan fingerprint density at radius 3 is 2.85 bits per heavy atom.